The molecule has 0 unspecified atom stereocenters. The van der Waals surface area contributed by atoms with Gasteiger partial charge in [0.25, 0.3) is 5.91 Å². The number of aryl methyl sites for hydroxylation is 3. The zero-order valence-corrected chi connectivity index (χ0v) is 13.2. The maximum Gasteiger partial charge on any atom is 0.251 e. The summed E-state index contributed by atoms with van der Waals surface area (Å²) in [5.74, 6) is -0.0385. The summed E-state index contributed by atoms with van der Waals surface area (Å²) in [4.78, 5) is 15.7. The van der Waals surface area contributed by atoms with Crippen LogP contribution in [0.5, 0.6) is 0 Å². The third kappa shape index (κ3) is 2.62. The zero-order chi connectivity index (χ0) is 15.7. The van der Waals surface area contributed by atoms with Crippen molar-refractivity contribution in [2.45, 2.75) is 27.3 Å². The molecular formula is C19H20N2O. The highest BCUT2D eigenvalue weighted by molar-refractivity contribution is 5.99. The Hall–Kier alpha value is -2.55. The summed E-state index contributed by atoms with van der Waals surface area (Å²) in [6.07, 6.45) is 0. The van der Waals surface area contributed by atoms with Gasteiger partial charge < -0.3 is 10.3 Å². The Morgan fingerprint density at radius 1 is 1.09 bits per heavy atom. The molecule has 112 valence electrons. The number of aromatic amines is 1. The van der Waals surface area contributed by atoms with Gasteiger partial charge in [0.2, 0.25) is 0 Å². The van der Waals surface area contributed by atoms with Gasteiger partial charge in [0.1, 0.15) is 0 Å². The molecule has 1 amide bonds. The Morgan fingerprint density at radius 3 is 2.64 bits per heavy atom. The van der Waals surface area contributed by atoms with Crippen molar-refractivity contribution in [3.05, 3.63) is 70.4 Å². The molecule has 3 heteroatoms. The molecule has 2 aromatic carbocycles. The summed E-state index contributed by atoms with van der Waals surface area (Å²) >= 11 is 0. The minimum absolute atomic E-state index is 0.0385. The molecule has 2 N–H and O–H groups in total. The molecule has 0 bridgehead atoms. The normalized spacial score (nSPS) is 10.9. The third-order valence-electron chi connectivity index (χ3n) is 4.27. The van der Waals surface area contributed by atoms with Gasteiger partial charge in [-0.05, 0) is 55.7 Å². The van der Waals surface area contributed by atoms with Gasteiger partial charge in [-0.2, -0.15) is 0 Å². The topological polar surface area (TPSA) is 44.9 Å². The van der Waals surface area contributed by atoms with Crippen LogP contribution in [0.15, 0.2) is 42.5 Å². The first kappa shape index (κ1) is 14.4. The van der Waals surface area contributed by atoms with Gasteiger partial charge in [0, 0.05) is 28.7 Å². The van der Waals surface area contributed by atoms with Gasteiger partial charge in [-0.15, -0.1) is 0 Å². The molecule has 0 spiro atoms. The Balaban J connectivity index is 1.80. The molecule has 1 heterocycles. The number of fused-ring (bicyclic) bond motifs is 1. The molecule has 3 rings (SSSR count). The van der Waals surface area contributed by atoms with Crippen LogP contribution in [0, 0.1) is 20.8 Å². The van der Waals surface area contributed by atoms with Crippen molar-refractivity contribution in [2.24, 2.45) is 0 Å². The van der Waals surface area contributed by atoms with Crippen molar-refractivity contribution in [1.29, 1.82) is 0 Å². The third-order valence-corrected chi connectivity index (χ3v) is 4.27. The molecule has 3 nitrogen and oxygen atoms in total. The van der Waals surface area contributed by atoms with E-state index in [1.807, 2.05) is 43.3 Å². The number of amides is 1. The van der Waals surface area contributed by atoms with Crippen LogP contribution >= 0.6 is 0 Å². The van der Waals surface area contributed by atoms with Crippen LogP contribution in [0.4, 0.5) is 0 Å². The first-order chi connectivity index (χ1) is 10.6. The lowest BCUT2D eigenvalue weighted by Crippen LogP contribution is -2.23. The maximum atomic E-state index is 12.4. The summed E-state index contributed by atoms with van der Waals surface area (Å²) in [7, 11) is 0. The minimum atomic E-state index is -0.0385. The standard InChI is InChI=1S/C19H20N2O/c1-12-6-4-5-7-16(12)11-20-19(22)15-8-9-18-17(10-15)13(2)14(3)21-18/h4-10,21H,11H2,1-3H3,(H,20,22). The van der Waals surface area contributed by atoms with Gasteiger partial charge in [-0.1, -0.05) is 24.3 Å². The second-order valence-corrected chi connectivity index (χ2v) is 5.74. The summed E-state index contributed by atoms with van der Waals surface area (Å²) in [6, 6.07) is 13.9. The lowest BCUT2D eigenvalue weighted by Gasteiger charge is -2.08. The Labute approximate surface area is 130 Å². The van der Waals surface area contributed by atoms with Crippen molar-refractivity contribution in [1.82, 2.24) is 10.3 Å². The van der Waals surface area contributed by atoms with Crippen LogP contribution in [0.1, 0.15) is 32.7 Å². The predicted octanol–water partition coefficient (Wildman–Crippen LogP) is 4.02. The summed E-state index contributed by atoms with van der Waals surface area (Å²) in [5.41, 5.74) is 6.45. The van der Waals surface area contributed by atoms with E-state index in [0.29, 0.717) is 12.1 Å². The second-order valence-electron chi connectivity index (χ2n) is 5.74. The lowest BCUT2D eigenvalue weighted by molar-refractivity contribution is 0.0951. The van der Waals surface area contributed by atoms with Crippen molar-refractivity contribution >= 4 is 16.8 Å². The number of aromatic nitrogens is 1. The number of carbonyl (C=O) groups is 1. The summed E-state index contributed by atoms with van der Waals surface area (Å²) in [5, 5.41) is 4.11. The zero-order valence-electron chi connectivity index (χ0n) is 13.2. The highest BCUT2D eigenvalue weighted by atomic mass is 16.1. The van der Waals surface area contributed by atoms with Crippen LogP contribution < -0.4 is 5.32 Å². The number of hydrogen-bond acceptors (Lipinski definition) is 1. The molecule has 0 aliphatic heterocycles. The van der Waals surface area contributed by atoms with Gasteiger partial charge in [-0.25, -0.2) is 0 Å². The van der Waals surface area contributed by atoms with Crippen LogP contribution in [-0.2, 0) is 6.54 Å². The fraction of sp³-hybridized carbons (Fsp3) is 0.211. The van der Waals surface area contributed by atoms with Gasteiger partial charge in [0.05, 0.1) is 0 Å². The Bertz CT molecular complexity index is 846. The van der Waals surface area contributed by atoms with E-state index in [4.69, 9.17) is 0 Å². The molecule has 0 atom stereocenters. The monoisotopic (exact) mass is 292 g/mol. The molecule has 1 aromatic heterocycles. The quantitative estimate of drug-likeness (QED) is 0.752. The average molecular weight is 292 g/mol. The first-order valence-electron chi connectivity index (χ1n) is 7.48. The molecular weight excluding hydrogens is 272 g/mol. The predicted molar refractivity (Wildman–Crippen MR) is 90.1 cm³/mol. The van der Waals surface area contributed by atoms with E-state index in [1.165, 1.54) is 11.1 Å². The smallest absolute Gasteiger partial charge is 0.251 e. The first-order valence-corrected chi connectivity index (χ1v) is 7.48. The van der Waals surface area contributed by atoms with E-state index in [2.05, 4.69) is 30.2 Å². The average Bonchev–Trinajstić information content (AvgIpc) is 2.81. The number of carbonyl (C=O) groups excluding carboxylic acids is 1. The number of benzene rings is 2. The largest absolute Gasteiger partial charge is 0.358 e. The molecule has 0 saturated heterocycles. The number of nitrogens with one attached hydrogen (secondary N) is 2. The number of rotatable bonds is 3. The van der Waals surface area contributed by atoms with Gasteiger partial charge >= 0.3 is 0 Å². The number of H-pyrrole nitrogens is 1. The Kier molecular flexibility index (Phi) is 3.72. The Morgan fingerprint density at radius 2 is 1.86 bits per heavy atom. The van der Waals surface area contributed by atoms with Crippen LogP contribution in [-0.4, -0.2) is 10.9 Å². The van der Waals surface area contributed by atoms with E-state index >= 15 is 0 Å². The van der Waals surface area contributed by atoms with Crippen molar-refractivity contribution in [3.63, 3.8) is 0 Å². The lowest BCUT2D eigenvalue weighted by atomic mass is 10.1. The van der Waals surface area contributed by atoms with Gasteiger partial charge in [-0.3, -0.25) is 4.79 Å². The molecule has 3 aromatic rings. The molecule has 0 saturated carbocycles. The van der Waals surface area contributed by atoms with Gasteiger partial charge in [0.15, 0.2) is 0 Å². The van der Waals surface area contributed by atoms with Crippen LogP contribution in [0.25, 0.3) is 10.9 Å². The van der Waals surface area contributed by atoms with Crippen molar-refractivity contribution in [3.8, 4) is 0 Å². The minimum Gasteiger partial charge on any atom is -0.358 e. The molecule has 0 aliphatic carbocycles. The van der Waals surface area contributed by atoms with Crippen molar-refractivity contribution < 1.29 is 4.79 Å². The fourth-order valence-corrected chi connectivity index (χ4v) is 2.69. The van der Waals surface area contributed by atoms with Crippen LogP contribution in [0.2, 0.25) is 0 Å². The van der Waals surface area contributed by atoms with E-state index < -0.39 is 0 Å². The fourth-order valence-electron chi connectivity index (χ4n) is 2.69. The highest BCUT2D eigenvalue weighted by Crippen LogP contribution is 2.22. The van der Waals surface area contributed by atoms with E-state index in [-0.39, 0.29) is 5.91 Å². The highest BCUT2D eigenvalue weighted by Gasteiger charge is 2.10. The van der Waals surface area contributed by atoms with E-state index in [1.54, 1.807) is 0 Å². The summed E-state index contributed by atoms with van der Waals surface area (Å²) in [6.45, 7) is 6.73. The number of hydrogen-bond donors (Lipinski definition) is 2. The molecule has 0 radical (unpaired) electrons. The van der Waals surface area contributed by atoms with Crippen LogP contribution in [0.3, 0.4) is 0 Å². The SMILES string of the molecule is Cc1ccccc1CNC(=O)c1ccc2[nH]c(C)c(C)c2c1. The molecule has 22 heavy (non-hydrogen) atoms. The van der Waals surface area contributed by atoms with Crippen molar-refractivity contribution in [2.75, 3.05) is 0 Å². The molecule has 0 aliphatic rings. The van der Waals surface area contributed by atoms with E-state index in [0.717, 1.165) is 22.2 Å². The van der Waals surface area contributed by atoms with E-state index in [9.17, 15) is 4.79 Å². The summed E-state index contributed by atoms with van der Waals surface area (Å²) < 4.78 is 0. The molecule has 0 fully saturated rings. The second kappa shape index (κ2) is 5.68. The maximum absolute atomic E-state index is 12.4.